The van der Waals surface area contributed by atoms with Gasteiger partial charge in [0.05, 0.1) is 11.8 Å². The lowest BCUT2D eigenvalue weighted by Gasteiger charge is -2.29. The number of hydrogen-bond donors (Lipinski definition) is 2. The Morgan fingerprint density at radius 3 is 2.71 bits per heavy atom. The van der Waals surface area contributed by atoms with Crippen molar-refractivity contribution in [2.75, 3.05) is 5.75 Å². The summed E-state index contributed by atoms with van der Waals surface area (Å²) in [5.74, 6) is 1.28. The second kappa shape index (κ2) is 11.1. The van der Waals surface area contributed by atoms with Crippen LogP contribution in [0, 0.1) is 5.92 Å². The molecule has 1 aromatic carbocycles. The number of carbonyl (C=O) groups excluding carboxylic acids is 2. The highest BCUT2D eigenvalue weighted by Gasteiger charge is 2.24. The number of benzene rings is 1. The highest BCUT2D eigenvalue weighted by Crippen LogP contribution is 2.25. The first-order chi connectivity index (χ1) is 15.0. The number of rotatable bonds is 9. The van der Waals surface area contributed by atoms with E-state index >= 15 is 0 Å². The molecule has 3 rings (SSSR count). The first-order valence-corrected chi connectivity index (χ1v) is 11.8. The topological polar surface area (TPSA) is 88.9 Å². The van der Waals surface area contributed by atoms with Crippen molar-refractivity contribution in [3.05, 3.63) is 54.4 Å². The summed E-state index contributed by atoms with van der Waals surface area (Å²) in [4.78, 5) is 25.0. The van der Waals surface area contributed by atoms with Gasteiger partial charge in [-0.25, -0.2) is 0 Å². The Morgan fingerprint density at radius 1 is 1.26 bits per heavy atom. The Bertz CT molecular complexity index is 899. The number of hydrogen-bond acceptors (Lipinski definition) is 5. The molecule has 0 saturated heterocycles. The van der Waals surface area contributed by atoms with Crippen LogP contribution in [0.3, 0.4) is 0 Å². The summed E-state index contributed by atoms with van der Waals surface area (Å²) in [5.41, 5.74) is 0.590. The lowest BCUT2D eigenvalue weighted by Crippen LogP contribution is -2.41. The monoisotopic (exact) mass is 441 g/mol. The molecule has 0 radical (unpaired) electrons. The predicted molar refractivity (Wildman–Crippen MR) is 123 cm³/mol. The largest absolute Gasteiger partial charge is 0.352 e. The zero-order valence-corrected chi connectivity index (χ0v) is 19.0. The molecule has 7 nitrogen and oxygen atoms in total. The Balaban J connectivity index is 1.62. The van der Waals surface area contributed by atoms with Crippen molar-refractivity contribution in [1.82, 2.24) is 25.4 Å². The number of nitrogens with zero attached hydrogens (tertiary/aromatic N) is 3. The summed E-state index contributed by atoms with van der Waals surface area (Å²) in [7, 11) is 0. The Morgan fingerprint density at radius 2 is 2.00 bits per heavy atom. The van der Waals surface area contributed by atoms with Gasteiger partial charge in [-0.3, -0.25) is 9.59 Å². The Hall–Kier alpha value is -2.61. The first-order valence-electron chi connectivity index (χ1n) is 10.8. The van der Waals surface area contributed by atoms with Crippen molar-refractivity contribution in [1.29, 1.82) is 0 Å². The summed E-state index contributed by atoms with van der Waals surface area (Å²) in [6, 6.07) is 8.98. The zero-order valence-electron chi connectivity index (χ0n) is 18.2. The summed E-state index contributed by atoms with van der Waals surface area (Å²) in [6.45, 7) is 8.39. The van der Waals surface area contributed by atoms with Crippen molar-refractivity contribution < 1.29 is 9.59 Å². The van der Waals surface area contributed by atoms with Crippen LogP contribution in [0.2, 0.25) is 0 Å². The fourth-order valence-corrected chi connectivity index (χ4v) is 4.64. The minimum absolute atomic E-state index is 0.0175. The van der Waals surface area contributed by atoms with Gasteiger partial charge in [0.15, 0.2) is 11.0 Å². The average molecular weight is 442 g/mol. The molecule has 1 saturated carbocycles. The SMILES string of the molecule is C=CCn1c(SCC(=O)N[C@@H]2CCCC[C@H]2C)nnc1[C@@H](C)NC(=O)c1ccccc1. The fraction of sp³-hybridized carbons (Fsp3) is 0.478. The van der Waals surface area contributed by atoms with Crippen LogP contribution in [-0.2, 0) is 11.3 Å². The zero-order chi connectivity index (χ0) is 22.2. The van der Waals surface area contributed by atoms with Crippen LogP contribution < -0.4 is 10.6 Å². The molecule has 3 atom stereocenters. The van der Waals surface area contributed by atoms with Crippen LogP contribution >= 0.6 is 11.8 Å². The van der Waals surface area contributed by atoms with E-state index in [4.69, 9.17) is 0 Å². The molecule has 2 aromatic rings. The van der Waals surface area contributed by atoms with Gasteiger partial charge in [-0.1, -0.05) is 55.8 Å². The van der Waals surface area contributed by atoms with Crippen molar-refractivity contribution in [2.24, 2.45) is 5.92 Å². The third-order valence-electron chi connectivity index (χ3n) is 5.62. The standard InChI is InChI=1S/C23H31N5O2S/c1-4-14-28-21(17(3)24-22(30)18-11-6-5-7-12-18)26-27-23(28)31-15-20(29)25-19-13-9-8-10-16(19)2/h4-7,11-12,16-17,19H,1,8-10,13-15H2,2-3H3,(H,24,30)(H,25,29)/t16-,17-,19-/m1/s1. The maximum absolute atomic E-state index is 12.5. The van der Waals surface area contributed by atoms with E-state index in [0.29, 0.717) is 29.0 Å². The highest BCUT2D eigenvalue weighted by atomic mass is 32.2. The molecular formula is C23H31N5O2S. The lowest BCUT2D eigenvalue weighted by atomic mass is 9.86. The molecule has 2 amide bonds. The van der Waals surface area contributed by atoms with Crippen molar-refractivity contribution >= 4 is 23.6 Å². The molecule has 0 spiro atoms. The third-order valence-corrected chi connectivity index (χ3v) is 6.58. The lowest BCUT2D eigenvalue weighted by molar-refractivity contribution is -0.119. The second-order valence-electron chi connectivity index (χ2n) is 8.03. The summed E-state index contributed by atoms with van der Waals surface area (Å²) in [6.07, 6.45) is 6.39. The first kappa shape index (κ1) is 23.1. The molecule has 166 valence electrons. The summed E-state index contributed by atoms with van der Waals surface area (Å²) < 4.78 is 1.89. The van der Waals surface area contributed by atoms with Gasteiger partial charge >= 0.3 is 0 Å². The molecule has 0 aliphatic heterocycles. The molecular weight excluding hydrogens is 410 g/mol. The Kier molecular flexibility index (Phi) is 8.28. The van der Waals surface area contributed by atoms with Crippen molar-refractivity contribution in [2.45, 2.75) is 63.3 Å². The van der Waals surface area contributed by atoms with E-state index < -0.39 is 0 Å². The van der Waals surface area contributed by atoms with Crippen molar-refractivity contribution in [3.63, 3.8) is 0 Å². The molecule has 1 heterocycles. The fourth-order valence-electron chi connectivity index (χ4n) is 3.87. The minimum atomic E-state index is -0.341. The molecule has 1 aromatic heterocycles. The average Bonchev–Trinajstić information content (AvgIpc) is 3.17. The summed E-state index contributed by atoms with van der Waals surface area (Å²) in [5, 5.41) is 15.3. The number of allylic oxidation sites excluding steroid dienone is 1. The van der Waals surface area contributed by atoms with Crippen LogP contribution in [0.15, 0.2) is 48.1 Å². The number of carbonyl (C=O) groups is 2. The van der Waals surface area contributed by atoms with Gasteiger partial charge < -0.3 is 15.2 Å². The van der Waals surface area contributed by atoms with Crippen molar-refractivity contribution in [3.8, 4) is 0 Å². The van der Waals surface area contributed by atoms with Crippen LogP contribution in [0.5, 0.6) is 0 Å². The van der Waals surface area contributed by atoms with Gasteiger partial charge in [-0.2, -0.15) is 0 Å². The van der Waals surface area contributed by atoms with E-state index in [-0.39, 0.29) is 29.7 Å². The Labute approximate surface area is 188 Å². The smallest absolute Gasteiger partial charge is 0.251 e. The molecule has 1 aliphatic carbocycles. The van der Waals surface area contributed by atoms with Crippen LogP contribution in [0.25, 0.3) is 0 Å². The highest BCUT2D eigenvalue weighted by molar-refractivity contribution is 7.99. The van der Waals surface area contributed by atoms with E-state index in [0.717, 1.165) is 6.42 Å². The number of thioether (sulfide) groups is 1. The van der Waals surface area contributed by atoms with Gasteiger partial charge in [-0.05, 0) is 37.8 Å². The van der Waals surface area contributed by atoms with E-state index in [1.807, 2.05) is 29.7 Å². The molecule has 0 bridgehead atoms. The van der Waals surface area contributed by atoms with Crippen LogP contribution in [0.4, 0.5) is 0 Å². The van der Waals surface area contributed by atoms with Gasteiger partial charge in [0.2, 0.25) is 5.91 Å². The van der Waals surface area contributed by atoms with Gasteiger partial charge in [0, 0.05) is 18.2 Å². The predicted octanol–water partition coefficient (Wildman–Crippen LogP) is 3.74. The quantitative estimate of drug-likeness (QED) is 0.457. The summed E-state index contributed by atoms with van der Waals surface area (Å²) >= 11 is 1.36. The van der Waals surface area contributed by atoms with Gasteiger partial charge in [-0.15, -0.1) is 16.8 Å². The number of nitrogens with one attached hydrogen (secondary N) is 2. The van der Waals surface area contributed by atoms with E-state index in [1.54, 1.807) is 18.2 Å². The molecule has 8 heteroatoms. The normalized spacial score (nSPS) is 19.4. The number of amides is 2. The third kappa shape index (κ3) is 6.19. The van der Waals surface area contributed by atoms with E-state index in [2.05, 4.69) is 34.3 Å². The van der Waals surface area contributed by atoms with E-state index in [1.165, 1.54) is 31.0 Å². The van der Waals surface area contributed by atoms with Gasteiger partial charge in [0.25, 0.3) is 5.91 Å². The molecule has 1 fully saturated rings. The molecule has 31 heavy (non-hydrogen) atoms. The molecule has 2 N–H and O–H groups in total. The maximum Gasteiger partial charge on any atom is 0.251 e. The van der Waals surface area contributed by atoms with Crippen LogP contribution in [0.1, 0.15) is 61.8 Å². The van der Waals surface area contributed by atoms with Gasteiger partial charge in [0.1, 0.15) is 0 Å². The second-order valence-corrected chi connectivity index (χ2v) is 8.97. The van der Waals surface area contributed by atoms with E-state index in [9.17, 15) is 9.59 Å². The molecule has 1 aliphatic rings. The van der Waals surface area contributed by atoms with Crippen LogP contribution in [-0.4, -0.2) is 38.4 Å². The minimum Gasteiger partial charge on any atom is -0.352 e. The molecule has 0 unspecified atom stereocenters. The number of aromatic nitrogens is 3. The maximum atomic E-state index is 12.5.